The summed E-state index contributed by atoms with van der Waals surface area (Å²) in [6.07, 6.45) is 9.54. The minimum Gasteiger partial charge on any atom is -0.441 e. The van der Waals surface area contributed by atoms with Crippen LogP contribution in [0.3, 0.4) is 0 Å². The van der Waals surface area contributed by atoms with E-state index in [0.717, 1.165) is 56.4 Å². The monoisotopic (exact) mass is 392 g/mol. The van der Waals surface area contributed by atoms with Gasteiger partial charge in [-0.2, -0.15) is 5.26 Å². The van der Waals surface area contributed by atoms with Crippen LogP contribution in [0.1, 0.15) is 57.4 Å². The van der Waals surface area contributed by atoms with Gasteiger partial charge in [-0.25, -0.2) is 9.78 Å². The van der Waals surface area contributed by atoms with E-state index in [4.69, 9.17) is 4.74 Å². The first-order chi connectivity index (χ1) is 14.0. The van der Waals surface area contributed by atoms with Crippen LogP contribution in [0.4, 0.5) is 4.79 Å². The van der Waals surface area contributed by atoms with E-state index in [1.54, 1.807) is 0 Å². The Hall–Kier alpha value is -2.55. The van der Waals surface area contributed by atoms with Gasteiger partial charge in [-0.3, -0.25) is 0 Å². The first-order valence-electron chi connectivity index (χ1n) is 10.8. The van der Waals surface area contributed by atoms with Gasteiger partial charge in [0.05, 0.1) is 35.5 Å². The molecule has 1 aromatic heterocycles. The second-order valence-electron chi connectivity index (χ2n) is 9.75. The van der Waals surface area contributed by atoms with Gasteiger partial charge >= 0.3 is 6.09 Å². The van der Waals surface area contributed by atoms with Gasteiger partial charge < -0.3 is 14.2 Å². The van der Waals surface area contributed by atoms with Gasteiger partial charge in [0.25, 0.3) is 0 Å². The number of nitriles is 1. The van der Waals surface area contributed by atoms with Crippen molar-refractivity contribution in [2.24, 2.45) is 11.3 Å². The SMILES string of the molecule is CC1(CN2C[C@@]3(CCC[C@H](Cn4cnc5ccc(C#N)cc54)C3)OC2=O)CCC1. The number of amides is 1. The van der Waals surface area contributed by atoms with Crippen LogP contribution in [-0.2, 0) is 11.3 Å². The van der Waals surface area contributed by atoms with Crippen LogP contribution in [0.2, 0.25) is 0 Å². The summed E-state index contributed by atoms with van der Waals surface area (Å²) in [4.78, 5) is 19.0. The van der Waals surface area contributed by atoms with E-state index < -0.39 is 0 Å². The minimum atomic E-state index is -0.325. The van der Waals surface area contributed by atoms with Gasteiger partial charge in [0.1, 0.15) is 5.60 Å². The molecule has 29 heavy (non-hydrogen) atoms. The number of aromatic nitrogens is 2. The summed E-state index contributed by atoms with van der Waals surface area (Å²) < 4.78 is 8.17. The van der Waals surface area contributed by atoms with Crippen LogP contribution in [0, 0.1) is 22.7 Å². The summed E-state index contributed by atoms with van der Waals surface area (Å²) in [6.45, 7) is 4.71. The molecule has 1 saturated heterocycles. The maximum Gasteiger partial charge on any atom is 0.410 e. The van der Waals surface area contributed by atoms with Crippen LogP contribution in [0.15, 0.2) is 24.5 Å². The highest BCUT2D eigenvalue weighted by atomic mass is 16.6. The quantitative estimate of drug-likeness (QED) is 0.769. The molecule has 2 saturated carbocycles. The van der Waals surface area contributed by atoms with Crippen molar-refractivity contribution in [1.82, 2.24) is 14.5 Å². The van der Waals surface area contributed by atoms with Crippen LogP contribution < -0.4 is 0 Å². The zero-order chi connectivity index (χ0) is 20.1. The molecule has 0 bridgehead atoms. The smallest absolute Gasteiger partial charge is 0.410 e. The summed E-state index contributed by atoms with van der Waals surface area (Å²) in [5, 5.41) is 9.21. The van der Waals surface area contributed by atoms with Crippen molar-refractivity contribution in [3.63, 3.8) is 0 Å². The molecular formula is C23H28N4O2. The topological polar surface area (TPSA) is 71.2 Å². The highest BCUT2D eigenvalue weighted by molar-refractivity contribution is 5.77. The number of carbonyl (C=O) groups excluding carboxylic acids is 1. The Labute approximate surface area is 171 Å². The first kappa shape index (κ1) is 18.5. The molecule has 3 fully saturated rings. The zero-order valence-corrected chi connectivity index (χ0v) is 17.1. The minimum absolute atomic E-state index is 0.120. The second-order valence-corrected chi connectivity index (χ2v) is 9.75. The van der Waals surface area contributed by atoms with E-state index in [9.17, 15) is 10.1 Å². The molecular weight excluding hydrogens is 364 g/mol. The lowest BCUT2D eigenvalue weighted by Gasteiger charge is -2.41. The summed E-state index contributed by atoms with van der Waals surface area (Å²) in [7, 11) is 0. The van der Waals surface area contributed by atoms with E-state index in [2.05, 4.69) is 22.5 Å². The van der Waals surface area contributed by atoms with Crippen molar-refractivity contribution in [3.05, 3.63) is 30.1 Å². The molecule has 2 heterocycles. The van der Waals surface area contributed by atoms with Gasteiger partial charge in [0.2, 0.25) is 0 Å². The molecule has 3 aliphatic rings. The van der Waals surface area contributed by atoms with Crippen LogP contribution in [0.25, 0.3) is 11.0 Å². The Balaban J connectivity index is 1.30. The summed E-state index contributed by atoms with van der Waals surface area (Å²) in [5.74, 6) is 0.443. The molecule has 0 N–H and O–H groups in total. The third-order valence-corrected chi connectivity index (χ3v) is 7.28. The number of rotatable bonds is 4. The maximum absolute atomic E-state index is 12.6. The average molecular weight is 393 g/mol. The van der Waals surface area contributed by atoms with Crippen molar-refractivity contribution in [2.45, 2.75) is 64.0 Å². The summed E-state index contributed by atoms with van der Waals surface area (Å²) in [6, 6.07) is 7.84. The molecule has 0 unspecified atom stereocenters. The number of nitrogens with zero attached hydrogens (tertiary/aromatic N) is 4. The fraction of sp³-hybridized carbons (Fsp3) is 0.609. The Bertz CT molecular complexity index is 986. The molecule has 5 rings (SSSR count). The molecule has 6 heteroatoms. The van der Waals surface area contributed by atoms with Gasteiger partial charge in [-0.15, -0.1) is 0 Å². The number of ether oxygens (including phenoxy) is 1. The zero-order valence-electron chi connectivity index (χ0n) is 17.1. The molecule has 2 atom stereocenters. The Kier molecular flexibility index (Phi) is 4.31. The van der Waals surface area contributed by atoms with E-state index in [1.165, 1.54) is 19.3 Å². The fourth-order valence-electron chi connectivity index (χ4n) is 5.60. The standard InChI is InChI=1S/C23H28N4O2/c1-22(7-3-8-22)14-27-15-23(29-21(27)28)9-2-4-18(11-23)13-26-16-25-19-6-5-17(12-24)10-20(19)26/h5-6,10,16,18H,2-4,7-9,11,13-15H2,1H3/t18-,23-/m0/s1. The first-order valence-corrected chi connectivity index (χ1v) is 10.8. The van der Waals surface area contributed by atoms with Crippen molar-refractivity contribution in [2.75, 3.05) is 13.1 Å². The lowest BCUT2D eigenvalue weighted by molar-refractivity contribution is 0.00403. The maximum atomic E-state index is 12.6. The lowest BCUT2D eigenvalue weighted by atomic mass is 9.70. The van der Waals surface area contributed by atoms with Crippen molar-refractivity contribution < 1.29 is 9.53 Å². The Morgan fingerprint density at radius 1 is 1.31 bits per heavy atom. The molecule has 1 aliphatic heterocycles. The molecule has 1 spiro atoms. The molecule has 0 radical (unpaired) electrons. The van der Waals surface area contributed by atoms with Crippen LogP contribution in [0.5, 0.6) is 0 Å². The summed E-state index contributed by atoms with van der Waals surface area (Å²) in [5.41, 5.74) is 2.54. The predicted molar refractivity (Wildman–Crippen MR) is 109 cm³/mol. The van der Waals surface area contributed by atoms with Crippen molar-refractivity contribution in [3.8, 4) is 6.07 Å². The van der Waals surface area contributed by atoms with Crippen molar-refractivity contribution in [1.29, 1.82) is 5.26 Å². The number of carbonyl (C=O) groups is 1. The summed E-state index contributed by atoms with van der Waals surface area (Å²) >= 11 is 0. The Morgan fingerprint density at radius 2 is 2.17 bits per heavy atom. The number of hydrogen-bond donors (Lipinski definition) is 0. The number of fused-ring (bicyclic) bond motifs is 1. The highest BCUT2D eigenvalue weighted by Crippen LogP contribution is 2.45. The molecule has 152 valence electrons. The highest BCUT2D eigenvalue weighted by Gasteiger charge is 2.49. The van der Waals surface area contributed by atoms with Gasteiger partial charge in [0.15, 0.2) is 0 Å². The third-order valence-electron chi connectivity index (χ3n) is 7.28. The molecule has 1 aromatic carbocycles. The van der Waals surface area contributed by atoms with E-state index in [-0.39, 0.29) is 17.1 Å². The fourth-order valence-corrected chi connectivity index (χ4v) is 5.60. The van der Waals surface area contributed by atoms with E-state index in [0.29, 0.717) is 11.5 Å². The number of imidazole rings is 1. The van der Waals surface area contributed by atoms with Gasteiger partial charge in [-0.05, 0) is 68.1 Å². The average Bonchev–Trinajstić information content (AvgIpc) is 3.21. The third kappa shape index (κ3) is 3.37. The van der Waals surface area contributed by atoms with Crippen LogP contribution in [-0.4, -0.2) is 39.2 Å². The molecule has 1 amide bonds. The van der Waals surface area contributed by atoms with Crippen LogP contribution >= 0.6 is 0 Å². The molecule has 6 nitrogen and oxygen atoms in total. The second kappa shape index (κ2) is 6.76. The van der Waals surface area contributed by atoms with Gasteiger partial charge in [0, 0.05) is 13.1 Å². The van der Waals surface area contributed by atoms with E-state index >= 15 is 0 Å². The van der Waals surface area contributed by atoms with Crippen molar-refractivity contribution >= 4 is 17.1 Å². The molecule has 2 aliphatic carbocycles. The largest absolute Gasteiger partial charge is 0.441 e. The van der Waals surface area contributed by atoms with Gasteiger partial charge in [-0.1, -0.05) is 13.3 Å². The molecule has 2 aromatic rings. The number of hydrogen-bond acceptors (Lipinski definition) is 4. The lowest BCUT2D eigenvalue weighted by Crippen LogP contribution is -2.44. The number of benzene rings is 1. The normalized spacial score (nSPS) is 28.3. The predicted octanol–water partition coefficient (Wildman–Crippen LogP) is 4.48. The van der Waals surface area contributed by atoms with E-state index in [1.807, 2.05) is 29.4 Å². The Morgan fingerprint density at radius 3 is 2.93 bits per heavy atom.